The fraction of sp³-hybridized carbons (Fsp3) is 0.429. The summed E-state index contributed by atoms with van der Waals surface area (Å²) in [5.41, 5.74) is 19.3. The predicted molar refractivity (Wildman–Crippen MR) is 186 cm³/mol. The van der Waals surface area contributed by atoms with Crippen molar-refractivity contribution >= 4 is 54.8 Å². The molecule has 2 aromatic rings. The number of nitrogens with zero attached hydrogens (tertiary/aromatic N) is 2. The number of hydrogen-bond donors (Lipinski definition) is 0. The molecule has 1 aliphatic heterocycles. The van der Waals surface area contributed by atoms with Crippen LogP contribution in [0.15, 0.2) is 22.0 Å². The van der Waals surface area contributed by atoms with E-state index in [0.717, 1.165) is 6.42 Å². The summed E-state index contributed by atoms with van der Waals surface area (Å²) in [6.45, 7) is 27.1. The van der Waals surface area contributed by atoms with Crippen LogP contribution in [0.25, 0.3) is 0 Å². The van der Waals surface area contributed by atoms with E-state index in [-0.39, 0.29) is 28.0 Å². The molecule has 0 amide bonds. The first-order valence-corrected chi connectivity index (χ1v) is 17.2. The Labute approximate surface area is 271 Å². The van der Waals surface area contributed by atoms with E-state index in [9.17, 15) is 0 Å². The molecule has 2 nitrogen and oxygen atoms in total. The van der Waals surface area contributed by atoms with Crippen LogP contribution < -0.4 is 0 Å². The molecule has 0 unspecified atom stereocenters. The summed E-state index contributed by atoms with van der Waals surface area (Å²) in [6, 6.07) is 0. The van der Waals surface area contributed by atoms with E-state index in [1.54, 1.807) is 0 Å². The van der Waals surface area contributed by atoms with Crippen molar-refractivity contribution < 1.29 is 22.3 Å². The molecule has 0 fully saturated rings. The molecule has 6 heteroatoms. The van der Waals surface area contributed by atoms with E-state index < -0.39 is 0 Å². The average Bonchev–Trinajstić information content (AvgIpc) is 2.92. The first-order chi connectivity index (χ1) is 18.1. The average molecular weight is 660 g/mol. The molecule has 0 aromatic heterocycles. The molecule has 41 heavy (non-hydrogen) atoms. The maximum atomic E-state index is 4.76. The van der Waals surface area contributed by atoms with Gasteiger partial charge >= 0.3 is 33.3 Å². The van der Waals surface area contributed by atoms with Gasteiger partial charge in [-0.05, 0) is 109 Å². The topological polar surface area (TPSA) is 6.02 Å². The molecule has 0 radical (unpaired) electrons. The van der Waals surface area contributed by atoms with Gasteiger partial charge in [-0.3, -0.25) is 0 Å². The summed E-state index contributed by atoms with van der Waals surface area (Å²) in [5.74, 6) is 0. The van der Waals surface area contributed by atoms with E-state index in [4.69, 9.17) is 20.2 Å². The molecule has 0 saturated heterocycles. The van der Waals surface area contributed by atoms with E-state index in [1.165, 1.54) is 88.2 Å². The number of halogens is 2. The molecule has 230 valence electrons. The van der Waals surface area contributed by atoms with Gasteiger partial charge in [0, 0.05) is 36.1 Å². The molecule has 0 aliphatic carbocycles. The Hall–Kier alpha value is -1.29. The molecule has 2 aromatic carbocycles. The molecule has 0 atom stereocenters. The quantitative estimate of drug-likeness (QED) is 0.137. The summed E-state index contributed by atoms with van der Waals surface area (Å²) < 4.78 is 4.82. The second kappa shape index (κ2) is 16.5. The van der Waals surface area contributed by atoms with Crippen molar-refractivity contribution in [3.8, 4) is 0 Å². The zero-order valence-corrected chi connectivity index (χ0v) is 31.7. The number of allylic oxidation sites excluding steroid dienone is 4. The van der Waals surface area contributed by atoms with Crippen LogP contribution in [0, 0.1) is 84.1 Å². The third kappa shape index (κ3) is 8.01. The Bertz CT molecular complexity index is 1270. The normalized spacial score (nSPS) is 14.0. The van der Waals surface area contributed by atoms with E-state index in [2.05, 4.69) is 118 Å². The Morgan fingerprint density at radius 2 is 0.780 bits per heavy atom. The summed E-state index contributed by atoms with van der Waals surface area (Å²) in [5, 5.41) is 0. The minimum atomic E-state index is 0. The third-order valence-corrected chi connectivity index (χ3v) is 10.5. The summed E-state index contributed by atoms with van der Waals surface area (Å²) >= 11 is 2.10. The maximum absolute atomic E-state index is 4.76. The van der Waals surface area contributed by atoms with Gasteiger partial charge in [0.25, 0.3) is 0 Å². The van der Waals surface area contributed by atoms with Crippen LogP contribution in [0.4, 0.5) is 11.4 Å². The molecule has 0 N–H and O–H groups in total. The number of benzene rings is 2. The molecule has 3 rings (SSSR count). The van der Waals surface area contributed by atoms with E-state index in [0.29, 0.717) is 0 Å². The van der Waals surface area contributed by atoms with Gasteiger partial charge < -0.3 is 14.9 Å². The zero-order chi connectivity index (χ0) is 29.9. The van der Waals surface area contributed by atoms with Crippen molar-refractivity contribution in [3.63, 3.8) is 0 Å². The summed E-state index contributed by atoms with van der Waals surface area (Å²) in [7, 11) is 14.0. The van der Waals surface area contributed by atoms with Crippen LogP contribution in [0.5, 0.6) is 0 Å². The van der Waals surface area contributed by atoms with Gasteiger partial charge in [0.1, 0.15) is 14.1 Å². The van der Waals surface area contributed by atoms with E-state index in [1.807, 2.05) is 11.8 Å². The van der Waals surface area contributed by atoms with Crippen molar-refractivity contribution in [2.45, 2.75) is 89.5 Å². The van der Waals surface area contributed by atoms with Gasteiger partial charge in [-0.15, -0.1) is 0 Å². The standard InChI is InChI=1S/C33H46N2S.2CH3.2ClH.Fe/c1-18-20(3)24(7)32(25(8)21(18)4)34(13)28(11)30-16-15-17-31(36-30)29(12)35(14)33-26(9)22(5)19(2)23(6)27(33)10;;;;;/h16-17H,15H2,1-14H3;2*1H3;2*1H;/q+2;2*-1;;;+2/p-2. The first kappa shape index (κ1) is 39.7. The molecule has 0 bridgehead atoms. The number of hydrogen-bond acceptors (Lipinski definition) is 1. The Balaban J connectivity index is 0.00000306. The predicted octanol–water partition coefficient (Wildman–Crippen LogP) is 11.1. The first-order valence-electron chi connectivity index (χ1n) is 13.4. The van der Waals surface area contributed by atoms with Crippen molar-refractivity contribution in [2.75, 3.05) is 14.1 Å². The molecular weight excluding hydrogens is 607 g/mol. The number of thioether (sulfide) groups is 1. The monoisotopic (exact) mass is 658 g/mol. The second-order valence-electron chi connectivity index (χ2n) is 10.8. The fourth-order valence-electron chi connectivity index (χ4n) is 5.55. The van der Waals surface area contributed by atoms with Crippen LogP contribution >= 0.6 is 32.0 Å². The second-order valence-corrected chi connectivity index (χ2v) is 13.7. The Morgan fingerprint density at radius 3 is 1.02 bits per heavy atom. The van der Waals surface area contributed by atoms with Crippen molar-refractivity contribution in [3.05, 3.63) is 92.5 Å². The van der Waals surface area contributed by atoms with Gasteiger partial charge in [-0.25, -0.2) is 0 Å². The van der Waals surface area contributed by atoms with Gasteiger partial charge in [0.15, 0.2) is 11.4 Å². The van der Waals surface area contributed by atoms with E-state index >= 15 is 0 Å². The van der Waals surface area contributed by atoms with Gasteiger partial charge in [0.05, 0.1) is 9.81 Å². The summed E-state index contributed by atoms with van der Waals surface area (Å²) in [4.78, 5) is 2.70. The zero-order valence-electron chi connectivity index (χ0n) is 28.3. The fourth-order valence-corrected chi connectivity index (χ4v) is 6.72. The summed E-state index contributed by atoms with van der Waals surface area (Å²) in [6.07, 6.45) is 5.72. The number of rotatable bonds is 4. The molecular formula is C35H52Cl2FeN2S. The third-order valence-electron chi connectivity index (χ3n) is 9.14. The van der Waals surface area contributed by atoms with Crippen molar-refractivity contribution in [1.82, 2.24) is 0 Å². The Morgan fingerprint density at radius 1 is 0.561 bits per heavy atom. The van der Waals surface area contributed by atoms with Gasteiger partial charge in [-0.1, -0.05) is 23.9 Å². The van der Waals surface area contributed by atoms with Gasteiger partial charge in [0.2, 0.25) is 11.4 Å². The SMILES string of the molecule is CC(C1=CCC=C(C(C)=[N+](C)c2c(C)c(C)c(C)c(C)c2C)S1)=[N+](C)c1c(C)c(C)c(C)c(C)c1C.[CH3-].[CH3-].[Cl][Fe][Cl]. The molecule has 1 heterocycles. The molecule has 0 spiro atoms. The Kier molecular flexibility index (Phi) is 16.0. The van der Waals surface area contributed by atoms with Crippen LogP contribution in [0.3, 0.4) is 0 Å². The van der Waals surface area contributed by atoms with Crippen LogP contribution in [0.1, 0.15) is 75.9 Å². The van der Waals surface area contributed by atoms with Crippen molar-refractivity contribution in [2.24, 2.45) is 0 Å². The molecule has 1 aliphatic rings. The molecule has 0 saturated carbocycles. The van der Waals surface area contributed by atoms with Crippen LogP contribution in [-0.4, -0.2) is 34.7 Å². The van der Waals surface area contributed by atoms with Crippen molar-refractivity contribution in [1.29, 1.82) is 0 Å². The van der Waals surface area contributed by atoms with Crippen LogP contribution in [-0.2, 0) is 13.1 Å². The van der Waals surface area contributed by atoms with Gasteiger partial charge in [-0.2, -0.15) is 9.15 Å². The minimum absolute atomic E-state index is 0. The van der Waals surface area contributed by atoms with Crippen LogP contribution in [0.2, 0.25) is 0 Å².